The molecule has 0 spiro atoms. The maximum Gasteiger partial charge on any atom is 0.269 e. The molecule has 0 saturated heterocycles. The Hall–Kier alpha value is -3.06. The lowest BCUT2D eigenvalue weighted by molar-refractivity contribution is -0.384. The Morgan fingerprint density at radius 1 is 1.08 bits per heavy atom. The van der Waals surface area contributed by atoms with Crippen molar-refractivity contribution >= 4 is 40.3 Å². The van der Waals surface area contributed by atoms with Crippen LogP contribution in [0.2, 0.25) is 5.02 Å². The fraction of sp³-hybridized carbons (Fsp3) is 0.0625. The lowest BCUT2D eigenvalue weighted by atomic mass is 10.0. The van der Waals surface area contributed by atoms with Gasteiger partial charge in [0, 0.05) is 29.6 Å². The number of nitro groups is 1. The van der Waals surface area contributed by atoms with Gasteiger partial charge < -0.3 is 0 Å². The van der Waals surface area contributed by atoms with Crippen molar-refractivity contribution < 1.29 is 14.5 Å². The molecule has 0 radical (unpaired) electrons. The summed E-state index contributed by atoms with van der Waals surface area (Å²) < 4.78 is 0. The molecule has 122 valence electrons. The number of carbonyl (C=O) groups excluding carboxylic acids is 2. The molecule has 0 aliphatic heterocycles. The zero-order valence-electron chi connectivity index (χ0n) is 12.5. The third-order valence-electron chi connectivity index (χ3n) is 3.03. The minimum atomic E-state index is -0.626. The number of nitrogens with zero attached hydrogens (tertiary/aromatic N) is 2. The molecule has 0 aromatic heterocycles. The van der Waals surface area contributed by atoms with Crippen LogP contribution in [-0.4, -0.2) is 22.2 Å². The van der Waals surface area contributed by atoms with Crippen LogP contribution in [0.15, 0.2) is 53.6 Å². The predicted octanol–water partition coefficient (Wildman–Crippen LogP) is 3.49. The maximum absolute atomic E-state index is 12.4. The highest BCUT2D eigenvalue weighted by molar-refractivity contribution is 6.68. The van der Waals surface area contributed by atoms with Crippen molar-refractivity contribution in [3.8, 4) is 0 Å². The number of Topliss-reactive ketones (excluding diaryl/α,β-unsaturated/α-hetero) is 2. The standard InChI is InChI=1S/C16H12ClN3O4/c1-10(21)15(19-18-13-6-4-12(17)5-7-13)16(22)11-2-8-14(9-3-11)20(23)24/h2-9,18H,1H3/b19-15+. The molecule has 2 aromatic carbocycles. The van der Waals surface area contributed by atoms with Gasteiger partial charge >= 0.3 is 0 Å². The average Bonchev–Trinajstić information content (AvgIpc) is 2.56. The van der Waals surface area contributed by atoms with E-state index in [1.165, 1.54) is 31.2 Å². The second-order valence-corrected chi connectivity index (χ2v) is 5.20. The molecule has 0 fully saturated rings. The third-order valence-corrected chi connectivity index (χ3v) is 3.28. The Labute approximate surface area is 142 Å². The van der Waals surface area contributed by atoms with Crippen LogP contribution >= 0.6 is 11.6 Å². The smallest absolute Gasteiger partial charge is 0.269 e. The molecule has 0 saturated carbocycles. The number of rotatable bonds is 6. The lowest BCUT2D eigenvalue weighted by Crippen LogP contribution is -2.23. The Bertz CT molecular complexity index is 814. The number of non-ortho nitro benzene ring substituents is 1. The van der Waals surface area contributed by atoms with E-state index in [0.29, 0.717) is 10.7 Å². The van der Waals surface area contributed by atoms with Gasteiger partial charge in [0.2, 0.25) is 5.78 Å². The van der Waals surface area contributed by atoms with Gasteiger partial charge in [-0.25, -0.2) is 0 Å². The summed E-state index contributed by atoms with van der Waals surface area (Å²) in [5.74, 6) is -1.15. The molecular weight excluding hydrogens is 334 g/mol. The molecule has 2 rings (SSSR count). The summed E-state index contributed by atoms with van der Waals surface area (Å²) in [7, 11) is 0. The van der Waals surface area contributed by atoms with Crippen LogP contribution < -0.4 is 5.43 Å². The summed E-state index contributed by atoms with van der Waals surface area (Å²) in [6.45, 7) is 1.21. The number of hydrogen-bond donors (Lipinski definition) is 1. The van der Waals surface area contributed by atoms with Gasteiger partial charge in [-0.3, -0.25) is 25.1 Å². The number of anilines is 1. The third kappa shape index (κ3) is 4.23. The molecule has 2 aromatic rings. The van der Waals surface area contributed by atoms with Crippen molar-refractivity contribution in [1.82, 2.24) is 0 Å². The molecule has 7 nitrogen and oxygen atoms in total. The molecule has 1 N–H and O–H groups in total. The largest absolute Gasteiger partial charge is 0.293 e. The average molecular weight is 346 g/mol. The fourth-order valence-corrected chi connectivity index (χ4v) is 1.93. The topological polar surface area (TPSA) is 102 Å². The highest BCUT2D eigenvalue weighted by atomic mass is 35.5. The first kappa shape index (κ1) is 17.3. The quantitative estimate of drug-likeness (QED) is 0.284. The van der Waals surface area contributed by atoms with E-state index in [-0.39, 0.29) is 17.0 Å². The monoisotopic (exact) mass is 345 g/mol. The van der Waals surface area contributed by atoms with Crippen LogP contribution in [0.1, 0.15) is 17.3 Å². The number of nitro benzene ring substituents is 1. The van der Waals surface area contributed by atoms with Gasteiger partial charge in [-0.2, -0.15) is 5.10 Å². The highest BCUT2D eigenvalue weighted by Gasteiger charge is 2.19. The minimum absolute atomic E-state index is 0.132. The lowest BCUT2D eigenvalue weighted by Gasteiger charge is -2.05. The molecule has 0 aliphatic rings. The van der Waals surface area contributed by atoms with Gasteiger partial charge in [-0.15, -0.1) is 0 Å². The summed E-state index contributed by atoms with van der Waals surface area (Å²) in [5.41, 5.74) is 2.84. The van der Waals surface area contributed by atoms with Gasteiger partial charge in [0.25, 0.3) is 5.69 Å². The molecule has 0 aliphatic carbocycles. The van der Waals surface area contributed by atoms with Gasteiger partial charge in [0.15, 0.2) is 11.5 Å². The Kier molecular flexibility index (Phi) is 5.39. The first-order valence-electron chi connectivity index (χ1n) is 6.78. The van der Waals surface area contributed by atoms with Crippen molar-refractivity contribution in [3.05, 3.63) is 69.2 Å². The van der Waals surface area contributed by atoms with E-state index in [1.807, 2.05) is 0 Å². The van der Waals surface area contributed by atoms with Crippen LogP contribution in [0.5, 0.6) is 0 Å². The molecule has 24 heavy (non-hydrogen) atoms. The number of halogens is 1. The van der Waals surface area contributed by atoms with Gasteiger partial charge in [0.05, 0.1) is 10.6 Å². The maximum atomic E-state index is 12.4. The van der Waals surface area contributed by atoms with Crippen LogP contribution in [0.4, 0.5) is 11.4 Å². The molecule has 0 unspecified atom stereocenters. The van der Waals surface area contributed by atoms with Crippen molar-refractivity contribution in [2.24, 2.45) is 5.10 Å². The molecule has 0 bridgehead atoms. The van der Waals surface area contributed by atoms with Crippen molar-refractivity contribution in [1.29, 1.82) is 0 Å². The SMILES string of the molecule is CC(=O)/C(=N\Nc1ccc(Cl)cc1)C(=O)c1ccc([N+](=O)[O-])cc1. The number of benzene rings is 2. The van der Waals surface area contributed by atoms with Crippen molar-refractivity contribution in [3.63, 3.8) is 0 Å². The van der Waals surface area contributed by atoms with Crippen LogP contribution in [0.25, 0.3) is 0 Å². The summed E-state index contributed by atoms with van der Waals surface area (Å²) in [6, 6.07) is 11.5. The summed E-state index contributed by atoms with van der Waals surface area (Å²) in [4.78, 5) is 34.1. The number of hydrogen-bond acceptors (Lipinski definition) is 6. The first-order valence-corrected chi connectivity index (χ1v) is 7.15. The zero-order chi connectivity index (χ0) is 17.7. The van der Waals surface area contributed by atoms with Gasteiger partial charge in [-0.1, -0.05) is 11.6 Å². The predicted molar refractivity (Wildman–Crippen MR) is 90.6 cm³/mol. The van der Waals surface area contributed by atoms with Crippen molar-refractivity contribution in [2.45, 2.75) is 6.92 Å². The van der Waals surface area contributed by atoms with Gasteiger partial charge in [-0.05, 0) is 36.4 Å². The van der Waals surface area contributed by atoms with E-state index in [2.05, 4.69) is 10.5 Å². The normalized spacial score (nSPS) is 11.0. The molecule has 0 heterocycles. The molecule has 8 heteroatoms. The van der Waals surface area contributed by atoms with E-state index in [1.54, 1.807) is 24.3 Å². The summed E-state index contributed by atoms with van der Waals surface area (Å²) in [5, 5.41) is 15.0. The zero-order valence-corrected chi connectivity index (χ0v) is 13.3. The van der Waals surface area contributed by atoms with E-state index < -0.39 is 16.5 Å². The van der Waals surface area contributed by atoms with E-state index in [4.69, 9.17) is 11.6 Å². The Balaban J connectivity index is 2.24. The number of ketones is 2. The number of nitrogens with one attached hydrogen (secondary N) is 1. The first-order chi connectivity index (χ1) is 11.4. The van der Waals surface area contributed by atoms with Crippen LogP contribution in [-0.2, 0) is 4.79 Å². The fourth-order valence-electron chi connectivity index (χ4n) is 1.81. The molecule has 0 amide bonds. The second kappa shape index (κ2) is 7.47. The van der Waals surface area contributed by atoms with E-state index in [0.717, 1.165) is 0 Å². The van der Waals surface area contributed by atoms with E-state index >= 15 is 0 Å². The summed E-state index contributed by atoms with van der Waals surface area (Å²) in [6.07, 6.45) is 0. The van der Waals surface area contributed by atoms with E-state index in [9.17, 15) is 19.7 Å². The van der Waals surface area contributed by atoms with Crippen molar-refractivity contribution in [2.75, 3.05) is 5.43 Å². The Morgan fingerprint density at radius 2 is 1.67 bits per heavy atom. The van der Waals surface area contributed by atoms with Gasteiger partial charge in [0.1, 0.15) is 0 Å². The minimum Gasteiger partial charge on any atom is -0.293 e. The summed E-state index contributed by atoms with van der Waals surface area (Å²) >= 11 is 5.77. The van der Waals surface area contributed by atoms with Crippen LogP contribution in [0.3, 0.4) is 0 Å². The number of hydrazone groups is 1. The highest BCUT2D eigenvalue weighted by Crippen LogP contribution is 2.15. The van der Waals surface area contributed by atoms with Crippen LogP contribution in [0, 0.1) is 10.1 Å². The Morgan fingerprint density at radius 3 is 2.17 bits per heavy atom. The molecular formula is C16H12ClN3O4. The number of carbonyl (C=O) groups is 2. The molecule has 0 atom stereocenters. The second-order valence-electron chi connectivity index (χ2n) is 4.77.